The van der Waals surface area contributed by atoms with Crippen LogP contribution in [0.5, 0.6) is 0 Å². The molecule has 1 aromatic heterocycles. The van der Waals surface area contributed by atoms with Gasteiger partial charge < -0.3 is 5.32 Å². The maximum absolute atomic E-state index is 11.2. The summed E-state index contributed by atoms with van der Waals surface area (Å²) in [5.74, 6) is -0.120. The van der Waals surface area contributed by atoms with Gasteiger partial charge in [-0.2, -0.15) is 10.2 Å². The Labute approximate surface area is 71.0 Å². The number of carbonyl (C=O) groups excluding carboxylic acids is 1. The van der Waals surface area contributed by atoms with Crippen LogP contribution in [-0.4, -0.2) is 23.2 Å². The Balaban J connectivity index is 3.13. The van der Waals surface area contributed by atoms with E-state index in [4.69, 9.17) is 0 Å². The molecular formula is C8H11N3O. The summed E-state index contributed by atoms with van der Waals surface area (Å²) in [5.41, 5.74) is 1.99. The van der Waals surface area contributed by atoms with E-state index in [0.717, 1.165) is 5.69 Å². The van der Waals surface area contributed by atoms with E-state index in [-0.39, 0.29) is 5.91 Å². The van der Waals surface area contributed by atoms with Gasteiger partial charge in [-0.25, -0.2) is 0 Å². The Morgan fingerprint density at radius 1 is 1.42 bits per heavy atom. The van der Waals surface area contributed by atoms with E-state index in [2.05, 4.69) is 15.5 Å². The van der Waals surface area contributed by atoms with Crippen LogP contribution in [0, 0.1) is 13.8 Å². The minimum atomic E-state index is -0.120. The maximum Gasteiger partial charge on any atom is 0.252 e. The Kier molecular flexibility index (Phi) is 2.38. The zero-order valence-corrected chi connectivity index (χ0v) is 7.38. The van der Waals surface area contributed by atoms with Crippen molar-refractivity contribution in [2.75, 3.05) is 7.05 Å². The van der Waals surface area contributed by atoms with E-state index in [0.29, 0.717) is 11.3 Å². The molecule has 0 aliphatic heterocycles. The first-order valence-corrected chi connectivity index (χ1v) is 3.68. The predicted octanol–water partition coefficient (Wildman–Crippen LogP) is 0.453. The second-order valence-electron chi connectivity index (χ2n) is 2.56. The Hall–Kier alpha value is -1.45. The van der Waals surface area contributed by atoms with Crippen LogP contribution in [0.1, 0.15) is 21.7 Å². The van der Waals surface area contributed by atoms with Crippen LogP contribution >= 0.6 is 0 Å². The van der Waals surface area contributed by atoms with Crippen molar-refractivity contribution in [3.8, 4) is 0 Å². The fourth-order valence-electron chi connectivity index (χ4n) is 0.914. The third-order valence-electron chi connectivity index (χ3n) is 1.57. The molecule has 0 aliphatic rings. The maximum atomic E-state index is 11.2. The van der Waals surface area contributed by atoms with Gasteiger partial charge in [-0.05, 0) is 19.9 Å². The molecular weight excluding hydrogens is 154 g/mol. The van der Waals surface area contributed by atoms with Crippen molar-refractivity contribution < 1.29 is 4.79 Å². The number of hydrogen-bond acceptors (Lipinski definition) is 3. The van der Waals surface area contributed by atoms with Gasteiger partial charge in [0.25, 0.3) is 5.91 Å². The fraction of sp³-hybridized carbons (Fsp3) is 0.375. The molecule has 1 rings (SSSR count). The van der Waals surface area contributed by atoms with E-state index >= 15 is 0 Å². The highest BCUT2D eigenvalue weighted by Crippen LogP contribution is 2.04. The number of amides is 1. The molecule has 0 fully saturated rings. The molecule has 0 atom stereocenters. The van der Waals surface area contributed by atoms with Crippen LogP contribution in [0.3, 0.4) is 0 Å². The van der Waals surface area contributed by atoms with Crippen molar-refractivity contribution in [1.82, 2.24) is 15.5 Å². The van der Waals surface area contributed by atoms with Crippen molar-refractivity contribution in [3.05, 3.63) is 23.0 Å². The number of carbonyl (C=O) groups is 1. The lowest BCUT2D eigenvalue weighted by molar-refractivity contribution is 0.0961. The van der Waals surface area contributed by atoms with Gasteiger partial charge in [0.1, 0.15) is 0 Å². The summed E-state index contributed by atoms with van der Waals surface area (Å²) in [6, 6.07) is 1.72. The normalized spacial score (nSPS) is 9.58. The number of hydrogen-bond donors (Lipinski definition) is 1. The third kappa shape index (κ3) is 1.58. The molecule has 64 valence electrons. The molecule has 0 bridgehead atoms. The first-order chi connectivity index (χ1) is 5.65. The first kappa shape index (κ1) is 8.64. The van der Waals surface area contributed by atoms with E-state index in [1.807, 2.05) is 0 Å². The van der Waals surface area contributed by atoms with E-state index < -0.39 is 0 Å². The molecule has 1 amide bonds. The van der Waals surface area contributed by atoms with Gasteiger partial charge in [-0.3, -0.25) is 4.79 Å². The van der Waals surface area contributed by atoms with Crippen LogP contribution in [0.15, 0.2) is 6.07 Å². The molecule has 4 heteroatoms. The molecule has 0 unspecified atom stereocenters. The lowest BCUT2D eigenvalue weighted by Gasteiger charge is -2.02. The Bertz CT molecular complexity index is 309. The van der Waals surface area contributed by atoms with Gasteiger partial charge in [-0.1, -0.05) is 0 Å². The summed E-state index contributed by atoms with van der Waals surface area (Å²) in [5, 5.41) is 10.2. The van der Waals surface area contributed by atoms with Crippen molar-refractivity contribution >= 4 is 5.91 Å². The summed E-state index contributed by atoms with van der Waals surface area (Å²) >= 11 is 0. The van der Waals surface area contributed by atoms with Crippen molar-refractivity contribution in [2.24, 2.45) is 0 Å². The largest absolute Gasteiger partial charge is 0.355 e. The van der Waals surface area contributed by atoms with Crippen LogP contribution in [0.25, 0.3) is 0 Å². The topological polar surface area (TPSA) is 54.9 Å². The van der Waals surface area contributed by atoms with E-state index in [1.54, 1.807) is 27.0 Å². The van der Waals surface area contributed by atoms with E-state index in [1.165, 1.54) is 0 Å². The molecule has 0 saturated carbocycles. The molecule has 1 N–H and O–H groups in total. The summed E-state index contributed by atoms with van der Waals surface area (Å²) in [6.07, 6.45) is 0. The van der Waals surface area contributed by atoms with Gasteiger partial charge in [0.15, 0.2) is 0 Å². The second-order valence-corrected chi connectivity index (χ2v) is 2.56. The highest BCUT2D eigenvalue weighted by Gasteiger charge is 2.07. The van der Waals surface area contributed by atoms with E-state index in [9.17, 15) is 4.79 Å². The highest BCUT2D eigenvalue weighted by molar-refractivity contribution is 5.94. The van der Waals surface area contributed by atoms with Gasteiger partial charge in [0.05, 0.1) is 17.0 Å². The molecule has 0 saturated heterocycles. The lowest BCUT2D eigenvalue weighted by atomic mass is 10.2. The molecule has 1 aromatic rings. The average molecular weight is 165 g/mol. The molecule has 0 aromatic carbocycles. The van der Waals surface area contributed by atoms with Gasteiger partial charge in [-0.15, -0.1) is 0 Å². The molecule has 0 spiro atoms. The average Bonchev–Trinajstić information content (AvgIpc) is 2.08. The summed E-state index contributed by atoms with van der Waals surface area (Å²) in [7, 11) is 1.59. The minimum Gasteiger partial charge on any atom is -0.355 e. The summed E-state index contributed by atoms with van der Waals surface area (Å²) in [6.45, 7) is 3.57. The summed E-state index contributed by atoms with van der Waals surface area (Å²) < 4.78 is 0. The smallest absolute Gasteiger partial charge is 0.252 e. The predicted molar refractivity (Wildman–Crippen MR) is 44.9 cm³/mol. The summed E-state index contributed by atoms with van der Waals surface area (Å²) in [4.78, 5) is 11.2. The van der Waals surface area contributed by atoms with Crippen LogP contribution in [-0.2, 0) is 0 Å². The third-order valence-corrected chi connectivity index (χ3v) is 1.57. The fourth-order valence-corrected chi connectivity index (χ4v) is 0.914. The SMILES string of the molecule is CNC(=O)c1cc(C)nnc1C. The molecule has 0 radical (unpaired) electrons. The Morgan fingerprint density at radius 3 is 2.67 bits per heavy atom. The van der Waals surface area contributed by atoms with Crippen molar-refractivity contribution in [3.63, 3.8) is 0 Å². The zero-order valence-electron chi connectivity index (χ0n) is 7.38. The second kappa shape index (κ2) is 3.30. The number of nitrogens with zero attached hydrogens (tertiary/aromatic N) is 2. The minimum absolute atomic E-state index is 0.120. The van der Waals surface area contributed by atoms with Crippen LogP contribution in [0.2, 0.25) is 0 Å². The van der Waals surface area contributed by atoms with Crippen molar-refractivity contribution in [1.29, 1.82) is 0 Å². The molecule has 1 heterocycles. The number of aryl methyl sites for hydroxylation is 2. The number of rotatable bonds is 1. The van der Waals surface area contributed by atoms with Gasteiger partial charge >= 0.3 is 0 Å². The monoisotopic (exact) mass is 165 g/mol. The standard InChI is InChI=1S/C8H11N3O/c1-5-4-7(8(12)9-3)6(2)11-10-5/h4H,1-3H3,(H,9,12). The zero-order chi connectivity index (χ0) is 9.14. The first-order valence-electron chi connectivity index (χ1n) is 3.68. The van der Waals surface area contributed by atoms with Gasteiger partial charge in [0.2, 0.25) is 0 Å². The quantitative estimate of drug-likeness (QED) is 0.657. The highest BCUT2D eigenvalue weighted by atomic mass is 16.1. The number of nitrogens with one attached hydrogen (secondary N) is 1. The molecule has 0 aliphatic carbocycles. The van der Waals surface area contributed by atoms with Crippen LogP contribution < -0.4 is 5.32 Å². The molecule has 4 nitrogen and oxygen atoms in total. The Morgan fingerprint density at radius 2 is 2.08 bits per heavy atom. The molecule has 12 heavy (non-hydrogen) atoms. The van der Waals surface area contributed by atoms with Gasteiger partial charge in [0, 0.05) is 7.05 Å². The van der Waals surface area contributed by atoms with Crippen molar-refractivity contribution in [2.45, 2.75) is 13.8 Å². The van der Waals surface area contributed by atoms with Crippen LogP contribution in [0.4, 0.5) is 0 Å². The lowest BCUT2D eigenvalue weighted by Crippen LogP contribution is -2.20. The number of aromatic nitrogens is 2.